The molecule has 0 saturated carbocycles. The number of hydrogen-bond donors (Lipinski definition) is 0. The van der Waals surface area contributed by atoms with Crippen molar-refractivity contribution in [2.75, 3.05) is 25.0 Å². The summed E-state index contributed by atoms with van der Waals surface area (Å²) < 4.78 is 0. The number of carbonyl (C=O) groups excluding carboxylic acids is 2. The molecule has 0 aliphatic carbocycles. The molecule has 3 rings (SSSR count). The van der Waals surface area contributed by atoms with E-state index in [0.29, 0.717) is 11.1 Å². The molecule has 2 aromatic carbocycles. The minimum absolute atomic E-state index is 0.0536. The molecule has 1 heterocycles. The van der Waals surface area contributed by atoms with E-state index in [1.165, 1.54) is 0 Å². The largest absolute Gasteiger partial charge is 0.339 e. The third-order valence-corrected chi connectivity index (χ3v) is 4.22. The van der Waals surface area contributed by atoms with Gasteiger partial charge in [0.15, 0.2) is 0 Å². The van der Waals surface area contributed by atoms with Crippen molar-refractivity contribution in [3.05, 3.63) is 65.7 Å². The lowest BCUT2D eigenvalue weighted by molar-refractivity contribution is 0.0792. The Morgan fingerprint density at radius 2 is 1.43 bits per heavy atom. The van der Waals surface area contributed by atoms with Gasteiger partial charge in [0.1, 0.15) is 0 Å². The van der Waals surface area contributed by atoms with Crippen molar-refractivity contribution in [3.8, 4) is 0 Å². The fourth-order valence-electron chi connectivity index (χ4n) is 2.82. The van der Waals surface area contributed by atoms with E-state index >= 15 is 0 Å². The van der Waals surface area contributed by atoms with E-state index in [0.717, 1.165) is 31.6 Å². The molecule has 0 bridgehead atoms. The number of amides is 2. The second kappa shape index (κ2) is 6.65. The molecule has 0 spiro atoms. The number of nitrogens with zero attached hydrogens (tertiary/aromatic N) is 2. The lowest BCUT2D eigenvalue weighted by atomic mass is 10.1. The quantitative estimate of drug-likeness (QED) is 0.873. The molecule has 2 aromatic rings. The number of rotatable bonds is 3. The molecule has 4 nitrogen and oxygen atoms in total. The van der Waals surface area contributed by atoms with Crippen molar-refractivity contribution in [1.82, 2.24) is 4.90 Å². The van der Waals surface area contributed by atoms with Gasteiger partial charge in [-0.1, -0.05) is 18.2 Å². The lowest BCUT2D eigenvalue weighted by Gasteiger charge is -2.18. The summed E-state index contributed by atoms with van der Waals surface area (Å²) in [7, 11) is 1.75. The van der Waals surface area contributed by atoms with Gasteiger partial charge in [-0.05, 0) is 49.2 Å². The van der Waals surface area contributed by atoms with Crippen LogP contribution < -0.4 is 4.90 Å². The highest BCUT2D eigenvalue weighted by Crippen LogP contribution is 2.17. The van der Waals surface area contributed by atoms with Crippen LogP contribution in [0, 0.1) is 0 Å². The predicted molar refractivity (Wildman–Crippen MR) is 90.8 cm³/mol. The van der Waals surface area contributed by atoms with E-state index in [4.69, 9.17) is 0 Å². The fraction of sp³-hybridized carbons (Fsp3) is 0.263. The topological polar surface area (TPSA) is 40.6 Å². The van der Waals surface area contributed by atoms with Crippen molar-refractivity contribution in [2.24, 2.45) is 0 Å². The zero-order valence-corrected chi connectivity index (χ0v) is 13.2. The van der Waals surface area contributed by atoms with Gasteiger partial charge in [-0.3, -0.25) is 9.59 Å². The molecule has 2 amide bonds. The standard InChI is InChI=1S/C19H20N2O2/c1-20(17-7-3-2-4-8-17)18(22)15-9-11-16(12-10-15)19(23)21-13-5-6-14-21/h2-4,7-12H,5-6,13-14H2,1H3. The van der Waals surface area contributed by atoms with Crippen LogP contribution in [0.5, 0.6) is 0 Å². The van der Waals surface area contributed by atoms with Gasteiger partial charge in [0.25, 0.3) is 11.8 Å². The number of anilines is 1. The van der Waals surface area contributed by atoms with Crippen LogP contribution in [0.4, 0.5) is 5.69 Å². The summed E-state index contributed by atoms with van der Waals surface area (Å²) >= 11 is 0. The molecule has 118 valence electrons. The molecule has 23 heavy (non-hydrogen) atoms. The van der Waals surface area contributed by atoms with E-state index in [-0.39, 0.29) is 11.8 Å². The maximum atomic E-state index is 12.5. The summed E-state index contributed by atoms with van der Waals surface area (Å²) in [5.74, 6) is -0.0331. The van der Waals surface area contributed by atoms with Gasteiger partial charge in [-0.15, -0.1) is 0 Å². The van der Waals surface area contributed by atoms with Crippen LogP contribution in [0.2, 0.25) is 0 Å². The van der Waals surface area contributed by atoms with Gasteiger partial charge in [-0.25, -0.2) is 0 Å². The zero-order valence-electron chi connectivity index (χ0n) is 13.2. The summed E-state index contributed by atoms with van der Waals surface area (Å²) in [4.78, 5) is 28.3. The molecule has 0 radical (unpaired) electrons. The highest BCUT2D eigenvalue weighted by molar-refractivity contribution is 6.06. The second-order valence-electron chi connectivity index (χ2n) is 5.78. The van der Waals surface area contributed by atoms with E-state index < -0.39 is 0 Å². The lowest BCUT2D eigenvalue weighted by Crippen LogP contribution is -2.28. The van der Waals surface area contributed by atoms with E-state index in [1.54, 1.807) is 36.2 Å². The van der Waals surface area contributed by atoms with Crippen LogP contribution in [-0.4, -0.2) is 36.9 Å². The molecule has 0 aromatic heterocycles. The van der Waals surface area contributed by atoms with Crippen molar-refractivity contribution in [1.29, 1.82) is 0 Å². The van der Waals surface area contributed by atoms with Crippen LogP contribution >= 0.6 is 0 Å². The first-order valence-electron chi connectivity index (χ1n) is 7.89. The van der Waals surface area contributed by atoms with Crippen LogP contribution in [0.1, 0.15) is 33.6 Å². The third kappa shape index (κ3) is 3.26. The summed E-state index contributed by atoms with van der Waals surface area (Å²) in [5.41, 5.74) is 2.06. The Morgan fingerprint density at radius 1 is 0.870 bits per heavy atom. The number of likely N-dealkylation sites (tertiary alicyclic amines) is 1. The van der Waals surface area contributed by atoms with Gasteiger partial charge in [0, 0.05) is 37.0 Å². The summed E-state index contributed by atoms with van der Waals surface area (Å²) in [6.07, 6.45) is 2.15. The molecule has 0 N–H and O–H groups in total. The molecule has 1 aliphatic rings. The van der Waals surface area contributed by atoms with Gasteiger partial charge in [-0.2, -0.15) is 0 Å². The molecular weight excluding hydrogens is 288 g/mol. The number of carbonyl (C=O) groups is 2. The van der Waals surface area contributed by atoms with Crippen molar-refractivity contribution in [3.63, 3.8) is 0 Å². The summed E-state index contributed by atoms with van der Waals surface area (Å²) in [5, 5.41) is 0. The Hall–Kier alpha value is -2.62. The van der Waals surface area contributed by atoms with Gasteiger partial charge >= 0.3 is 0 Å². The summed E-state index contributed by atoms with van der Waals surface area (Å²) in [6.45, 7) is 1.66. The molecular formula is C19H20N2O2. The highest BCUT2D eigenvalue weighted by Gasteiger charge is 2.20. The third-order valence-electron chi connectivity index (χ3n) is 4.22. The average molecular weight is 308 g/mol. The summed E-state index contributed by atoms with van der Waals surface area (Å²) in [6, 6.07) is 16.4. The first-order chi connectivity index (χ1) is 11.2. The Morgan fingerprint density at radius 3 is 2.04 bits per heavy atom. The van der Waals surface area contributed by atoms with Crippen LogP contribution in [-0.2, 0) is 0 Å². The van der Waals surface area contributed by atoms with Crippen molar-refractivity contribution in [2.45, 2.75) is 12.8 Å². The number of para-hydroxylation sites is 1. The highest BCUT2D eigenvalue weighted by atomic mass is 16.2. The smallest absolute Gasteiger partial charge is 0.258 e. The van der Waals surface area contributed by atoms with Crippen molar-refractivity contribution < 1.29 is 9.59 Å². The van der Waals surface area contributed by atoms with Gasteiger partial charge in [0.05, 0.1) is 0 Å². The molecule has 4 heteroatoms. The Labute approximate surface area is 136 Å². The molecule has 1 fully saturated rings. The minimum atomic E-state index is -0.0867. The monoisotopic (exact) mass is 308 g/mol. The fourth-order valence-corrected chi connectivity index (χ4v) is 2.82. The SMILES string of the molecule is CN(C(=O)c1ccc(C(=O)N2CCCC2)cc1)c1ccccc1. The number of benzene rings is 2. The Bertz CT molecular complexity index is 689. The van der Waals surface area contributed by atoms with Crippen molar-refractivity contribution >= 4 is 17.5 Å². The molecule has 1 aliphatic heterocycles. The molecule has 0 atom stereocenters. The van der Waals surface area contributed by atoms with E-state index in [9.17, 15) is 9.59 Å². The first kappa shape index (κ1) is 15.3. The van der Waals surface area contributed by atoms with Gasteiger partial charge < -0.3 is 9.80 Å². The molecule has 1 saturated heterocycles. The van der Waals surface area contributed by atoms with Crippen LogP contribution in [0.15, 0.2) is 54.6 Å². The zero-order chi connectivity index (χ0) is 16.2. The van der Waals surface area contributed by atoms with Crippen LogP contribution in [0.25, 0.3) is 0 Å². The average Bonchev–Trinajstić information content (AvgIpc) is 3.15. The number of hydrogen-bond acceptors (Lipinski definition) is 2. The maximum Gasteiger partial charge on any atom is 0.258 e. The second-order valence-corrected chi connectivity index (χ2v) is 5.78. The van der Waals surface area contributed by atoms with Gasteiger partial charge in [0.2, 0.25) is 0 Å². The predicted octanol–water partition coefficient (Wildman–Crippen LogP) is 3.20. The molecule has 0 unspecified atom stereocenters. The van der Waals surface area contributed by atoms with Crippen LogP contribution in [0.3, 0.4) is 0 Å². The first-order valence-corrected chi connectivity index (χ1v) is 7.89. The van der Waals surface area contributed by atoms with E-state index in [1.807, 2.05) is 35.2 Å². The minimum Gasteiger partial charge on any atom is -0.339 e. The Balaban J connectivity index is 1.74. The van der Waals surface area contributed by atoms with E-state index in [2.05, 4.69) is 0 Å². The maximum absolute atomic E-state index is 12.5. The Kier molecular flexibility index (Phi) is 4.42. The normalized spacial score (nSPS) is 13.9.